The van der Waals surface area contributed by atoms with Crippen molar-refractivity contribution in [2.24, 2.45) is 5.92 Å². The molecule has 2 nitrogen and oxygen atoms in total. The van der Waals surface area contributed by atoms with E-state index >= 15 is 0 Å². The molecule has 0 radical (unpaired) electrons. The minimum Gasteiger partial charge on any atom is -0.392 e. The molecule has 0 bridgehead atoms. The summed E-state index contributed by atoms with van der Waals surface area (Å²) in [4.78, 5) is 0. The minimum absolute atomic E-state index is 0.243. The Hall–Kier alpha value is -0.860. The van der Waals surface area contributed by atoms with Gasteiger partial charge in [0, 0.05) is 12.6 Å². The van der Waals surface area contributed by atoms with E-state index in [2.05, 4.69) is 50.4 Å². The van der Waals surface area contributed by atoms with Crippen molar-refractivity contribution in [1.29, 1.82) is 0 Å². The largest absolute Gasteiger partial charge is 0.392 e. The van der Waals surface area contributed by atoms with Gasteiger partial charge in [-0.25, -0.2) is 0 Å². The fourth-order valence-electron chi connectivity index (χ4n) is 2.27. The Bertz CT molecular complexity index is 310. The molecular formula is C16H27NO. The van der Waals surface area contributed by atoms with Crippen molar-refractivity contribution in [3.05, 3.63) is 35.9 Å². The van der Waals surface area contributed by atoms with Crippen LogP contribution in [0, 0.1) is 5.92 Å². The second-order valence-electron chi connectivity index (χ2n) is 5.44. The highest BCUT2D eigenvalue weighted by Crippen LogP contribution is 2.18. The maximum Gasteiger partial charge on any atom is 0.0667 e. The van der Waals surface area contributed by atoms with Crippen LogP contribution < -0.4 is 5.32 Å². The van der Waals surface area contributed by atoms with E-state index in [1.54, 1.807) is 0 Å². The van der Waals surface area contributed by atoms with E-state index in [4.69, 9.17) is 0 Å². The van der Waals surface area contributed by atoms with E-state index in [1.165, 1.54) is 5.56 Å². The third-order valence-corrected chi connectivity index (χ3v) is 3.12. The van der Waals surface area contributed by atoms with E-state index in [9.17, 15) is 5.11 Å². The predicted octanol–water partition coefficient (Wildman–Crippen LogP) is 3.52. The lowest BCUT2D eigenvalue weighted by molar-refractivity contribution is 0.142. The first-order valence-corrected chi connectivity index (χ1v) is 7.09. The average Bonchev–Trinajstić information content (AvgIpc) is 2.34. The van der Waals surface area contributed by atoms with Crippen molar-refractivity contribution in [3.63, 3.8) is 0 Å². The Balaban J connectivity index is 2.48. The molecule has 0 fully saturated rings. The van der Waals surface area contributed by atoms with Gasteiger partial charge in [-0.2, -0.15) is 0 Å². The molecular weight excluding hydrogens is 222 g/mol. The molecule has 0 saturated heterocycles. The highest BCUT2D eigenvalue weighted by atomic mass is 16.3. The summed E-state index contributed by atoms with van der Waals surface area (Å²) in [6.45, 7) is 7.16. The number of aliphatic hydroxyl groups excluding tert-OH is 1. The molecule has 2 N–H and O–H groups in total. The number of hydrogen-bond donors (Lipinski definition) is 2. The van der Waals surface area contributed by atoms with Crippen LogP contribution in [0.25, 0.3) is 0 Å². The average molecular weight is 249 g/mol. The summed E-state index contributed by atoms with van der Waals surface area (Å²) in [7, 11) is 0. The molecule has 1 rings (SSSR count). The van der Waals surface area contributed by atoms with E-state index in [0.29, 0.717) is 18.5 Å². The third kappa shape index (κ3) is 5.65. The monoisotopic (exact) mass is 249 g/mol. The van der Waals surface area contributed by atoms with Crippen LogP contribution in [0.3, 0.4) is 0 Å². The second kappa shape index (κ2) is 8.28. The molecule has 0 aliphatic heterocycles. The topological polar surface area (TPSA) is 32.3 Å². The van der Waals surface area contributed by atoms with E-state index in [-0.39, 0.29) is 6.10 Å². The Kier molecular flexibility index (Phi) is 6.99. The van der Waals surface area contributed by atoms with Crippen LogP contribution in [0.2, 0.25) is 0 Å². The molecule has 0 amide bonds. The van der Waals surface area contributed by atoms with Crippen LogP contribution in [0.4, 0.5) is 0 Å². The first-order valence-electron chi connectivity index (χ1n) is 7.09. The summed E-state index contributed by atoms with van der Waals surface area (Å²) in [5.74, 6) is 0.545. The van der Waals surface area contributed by atoms with Crippen LogP contribution in [-0.4, -0.2) is 17.8 Å². The number of aliphatic hydroxyl groups is 1. The van der Waals surface area contributed by atoms with Gasteiger partial charge in [-0.05, 0) is 24.3 Å². The van der Waals surface area contributed by atoms with E-state index in [1.807, 2.05) is 6.07 Å². The van der Waals surface area contributed by atoms with Crippen molar-refractivity contribution >= 4 is 0 Å². The van der Waals surface area contributed by atoms with Gasteiger partial charge in [0.25, 0.3) is 0 Å². The zero-order valence-electron chi connectivity index (χ0n) is 11.9. The maximum absolute atomic E-state index is 9.92. The van der Waals surface area contributed by atoms with Crippen LogP contribution in [-0.2, 0) is 0 Å². The molecule has 1 aromatic carbocycles. The molecule has 18 heavy (non-hydrogen) atoms. The Morgan fingerprint density at radius 3 is 2.39 bits per heavy atom. The molecule has 102 valence electrons. The molecule has 2 heteroatoms. The molecule has 0 saturated carbocycles. The lowest BCUT2D eigenvalue weighted by Crippen LogP contribution is -2.31. The van der Waals surface area contributed by atoms with Gasteiger partial charge in [-0.1, -0.05) is 57.5 Å². The quantitative estimate of drug-likeness (QED) is 0.739. The van der Waals surface area contributed by atoms with Crippen molar-refractivity contribution in [3.8, 4) is 0 Å². The van der Waals surface area contributed by atoms with Crippen LogP contribution in [0.5, 0.6) is 0 Å². The molecule has 0 heterocycles. The minimum atomic E-state index is -0.243. The lowest BCUT2D eigenvalue weighted by Gasteiger charge is -2.21. The number of hydrogen-bond acceptors (Lipinski definition) is 2. The molecule has 2 unspecified atom stereocenters. The van der Waals surface area contributed by atoms with Gasteiger partial charge in [0.1, 0.15) is 0 Å². The lowest BCUT2D eigenvalue weighted by atomic mass is 10.0. The van der Waals surface area contributed by atoms with Crippen molar-refractivity contribution in [2.45, 2.75) is 52.2 Å². The van der Waals surface area contributed by atoms with Crippen LogP contribution in [0.15, 0.2) is 30.3 Å². The van der Waals surface area contributed by atoms with Crippen molar-refractivity contribution < 1.29 is 5.11 Å². The Morgan fingerprint density at radius 1 is 1.17 bits per heavy atom. The van der Waals surface area contributed by atoms with Crippen molar-refractivity contribution in [2.75, 3.05) is 6.54 Å². The summed E-state index contributed by atoms with van der Waals surface area (Å²) >= 11 is 0. The standard InChI is InChI=1S/C16H27NO/c1-4-8-16(14-9-6-5-7-10-14)17-12-15(18)11-13(2)3/h5-7,9-10,13,15-18H,4,8,11-12H2,1-3H3. The highest BCUT2D eigenvalue weighted by molar-refractivity contribution is 5.18. The van der Waals surface area contributed by atoms with Gasteiger partial charge in [0.2, 0.25) is 0 Å². The summed E-state index contributed by atoms with van der Waals surface area (Å²) in [5.41, 5.74) is 1.32. The van der Waals surface area contributed by atoms with Crippen LogP contribution >= 0.6 is 0 Å². The van der Waals surface area contributed by atoms with Gasteiger partial charge in [0.05, 0.1) is 6.10 Å². The predicted molar refractivity (Wildman–Crippen MR) is 77.6 cm³/mol. The van der Waals surface area contributed by atoms with E-state index < -0.39 is 0 Å². The van der Waals surface area contributed by atoms with Gasteiger partial charge >= 0.3 is 0 Å². The summed E-state index contributed by atoms with van der Waals surface area (Å²) < 4.78 is 0. The Morgan fingerprint density at radius 2 is 1.83 bits per heavy atom. The molecule has 0 spiro atoms. The normalized spacial score (nSPS) is 14.7. The summed E-state index contributed by atoms with van der Waals surface area (Å²) in [5, 5.41) is 13.4. The molecule has 0 aliphatic rings. The zero-order valence-corrected chi connectivity index (χ0v) is 11.9. The number of benzene rings is 1. The fraction of sp³-hybridized carbons (Fsp3) is 0.625. The molecule has 0 aromatic heterocycles. The molecule has 2 atom stereocenters. The summed E-state index contributed by atoms with van der Waals surface area (Å²) in [6, 6.07) is 10.9. The van der Waals surface area contributed by atoms with Crippen LogP contribution in [0.1, 0.15) is 51.6 Å². The third-order valence-electron chi connectivity index (χ3n) is 3.12. The van der Waals surface area contributed by atoms with Gasteiger partial charge in [0.15, 0.2) is 0 Å². The molecule has 1 aromatic rings. The maximum atomic E-state index is 9.92. The van der Waals surface area contributed by atoms with Gasteiger partial charge in [-0.15, -0.1) is 0 Å². The SMILES string of the molecule is CCCC(NCC(O)CC(C)C)c1ccccc1. The Labute approximate surface area is 111 Å². The first kappa shape index (κ1) is 15.2. The number of nitrogens with one attached hydrogen (secondary N) is 1. The van der Waals surface area contributed by atoms with Gasteiger partial charge in [-0.3, -0.25) is 0 Å². The summed E-state index contributed by atoms with van der Waals surface area (Å²) in [6.07, 6.45) is 2.87. The van der Waals surface area contributed by atoms with Crippen molar-refractivity contribution in [1.82, 2.24) is 5.32 Å². The molecule has 0 aliphatic carbocycles. The fourth-order valence-corrected chi connectivity index (χ4v) is 2.27. The second-order valence-corrected chi connectivity index (χ2v) is 5.44. The zero-order chi connectivity index (χ0) is 13.4. The highest BCUT2D eigenvalue weighted by Gasteiger charge is 2.12. The number of rotatable bonds is 8. The smallest absolute Gasteiger partial charge is 0.0667 e. The van der Waals surface area contributed by atoms with Gasteiger partial charge < -0.3 is 10.4 Å². The van der Waals surface area contributed by atoms with E-state index in [0.717, 1.165) is 19.3 Å². The first-order chi connectivity index (χ1) is 8.63.